The van der Waals surface area contributed by atoms with Gasteiger partial charge in [0.05, 0.1) is 13.2 Å². The van der Waals surface area contributed by atoms with E-state index >= 15 is 0 Å². The molecule has 0 aromatic rings. The third-order valence-corrected chi connectivity index (χ3v) is 1.17. The number of carbonyl (C=O) groups excluding carboxylic acids is 1. The number of esters is 1. The summed E-state index contributed by atoms with van der Waals surface area (Å²) >= 11 is 0. The van der Waals surface area contributed by atoms with E-state index in [4.69, 9.17) is 9.47 Å². The maximum absolute atomic E-state index is 11.5. The summed E-state index contributed by atoms with van der Waals surface area (Å²) in [4.78, 5) is 10.7. The Morgan fingerprint density at radius 3 is 2.67 bits per heavy atom. The van der Waals surface area contributed by atoms with Crippen molar-refractivity contribution < 1.29 is 18.7 Å². The van der Waals surface area contributed by atoms with Crippen LogP contribution in [0.15, 0.2) is 0 Å². The van der Waals surface area contributed by atoms with Crippen LogP contribution in [0.4, 0.5) is 4.39 Å². The summed E-state index contributed by atoms with van der Waals surface area (Å²) in [5.74, 6) is -0.221. The standard InChI is InChI=1S/C8H15FO3/c1-2-3-8(10)12-7-6-11-5-4-9/h2-7H2,1H3. The van der Waals surface area contributed by atoms with Crippen molar-refractivity contribution in [1.82, 2.24) is 0 Å². The molecule has 12 heavy (non-hydrogen) atoms. The van der Waals surface area contributed by atoms with Crippen LogP contribution in [0.5, 0.6) is 0 Å². The van der Waals surface area contributed by atoms with Crippen molar-refractivity contribution in [3.63, 3.8) is 0 Å². The number of hydrogen-bond donors (Lipinski definition) is 0. The Kier molecular flexibility index (Phi) is 8.01. The van der Waals surface area contributed by atoms with Crippen molar-refractivity contribution >= 4 is 5.97 Å². The maximum Gasteiger partial charge on any atom is 0.305 e. The van der Waals surface area contributed by atoms with Crippen LogP contribution in [0, 0.1) is 0 Å². The molecule has 72 valence electrons. The molecule has 0 rings (SSSR count). The van der Waals surface area contributed by atoms with Crippen molar-refractivity contribution in [2.45, 2.75) is 19.8 Å². The summed E-state index contributed by atoms with van der Waals surface area (Å²) < 4.78 is 21.0. The van der Waals surface area contributed by atoms with E-state index in [1.54, 1.807) is 0 Å². The zero-order valence-corrected chi connectivity index (χ0v) is 7.35. The molecule has 0 fully saturated rings. The van der Waals surface area contributed by atoms with Gasteiger partial charge < -0.3 is 9.47 Å². The Balaban J connectivity index is 3.03. The van der Waals surface area contributed by atoms with E-state index in [9.17, 15) is 9.18 Å². The lowest BCUT2D eigenvalue weighted by atomic mass is 10.3. The summed E-state index contributed by atoms with van der Waals surface area (Å²) in [6, 6.07) is 0. The molecule has 0 aliphatic heterocycles. The van der Waals surface area contributed by atoms with Crippen molar-refractivity contribution in [2.24, 2.45) is 0 Å². The lowest BCUT2D eigenvalue weighted by Gasteiger charge is -2.03. The highest BCUT2D eigenvalue weighted by Gasteiger charge is 1.98. The molecule has 0 saturated heterocycles. The fourth-order valence-corrected chi connectivity index (χ4v) is 0.647. The van der Waals surface area contributed by atoms with Crippen LogP contribution in [0.25, 0.3) is 0 Å². The number of rotatable bonds is 7. The molecule has 0 amide bonds. The van der Waals surface area contributed by atoms with Crippen LogP contribution in [0.2, 0.25) is 0 Å². The minimum absolute atomic E-state index is 0.0747. The van der Waals surface area contributed by atoms with Gasteiger partial charge >= 0.3 is 5.97 Å². The molecule has 0 aliphatic rings. The Hall–Kier alpha value is -0.640. The van der Waals surface area contributed by atoms with E-state index in [0.29, 0.717) is 6.42 Å². The number of halogens is 1. The van der Waals surface area contributed by atoms with Gasteiger partial charge in [0.2, 0.25) is 0 Å². The Bertz CT molecular complexity index is 117. The second kappa shape index (κ2) is 8.46. The molecule has 0 aromatic carbocycles. The first-order valence-corrected chi connectivity index (χ1v) is 4.10. The highest BCUT2D eigenvalue weighted by molar-refractivity contribution is 5.69. The average molecular weight is 178 g/mol. The van der Waals surface area contributed by atoms with Crippen molar-refractivity contribution in [2.75, 3.05) is 26.5 Å². The van der Waals surface area contributed by atoms with Gasteiger partial charge in [-0.15, -0.1) is 0 Å². The second-order valence-electron chi connectivity index (χ2n) is 2.27. The molecule has 4 heteroatoms. The van der Waals surface area contributed by atoms with Gasteiger partial charge in [-0.1, -0.05) is 6.92 Å². The molecule has 0 bridgehead atoms. The lowest BCUT2D eigenvalue weighted by molar-refractivity contribution is -0.145. The SMILES string of the molecule is CCCC(=O)OCCOCCF. The Morgan fingerprint density at radius 1 is 1.33 bits per heavy atom. The van der Waals surface area contributed by atoms with Crippen LogP contribution in [-0.2, 0) is 14.3 Å². The van der Waals surface area contributed by atoms with Crippen molar-refractivity contribution in [3.8, 4) is 0 Å². The van der Waals surface area contributed by atoms with Gasteiger partial charge in [0.1, 0.15) is 13.3 Å². The zero-order valence-electron chi connectivity index (χ0n) is 7.35. The van der Waals surface area contributed by atoms with Gasteiger partial charge in [-0.25, -0.2) is 4.39 Å². The monoisotopic (exact) mass is 178 g/mol. The van der Waals surface area contributed by atoms with E-state index in [2.05, 4.69) is 0 Å². The van der Waals surface area contributed by atoms with E-state index in [0.717, 1.165) is 6.42 Å². The molecule has 0 N–H and O–H groups in total. The smallest absolute Gasteiger partial charge is 0.305 e. The fourth-order valence-electron chi connectivity index (χ4n) is 0.647. The van der Waals surface area contributed by atoms with Gasteiger partial charge in [0.15, 0.2) is 0 Å². The highest BCUT2D eigenvalue weighted by Crippen LogP contribution is 1.90. The molecule has 3 nitrogen and oxygen atoms in total. The first-order valence-electron chi connectivity index (χ1n) is 4.10. The van der Waals surface area contributed by atoms with Crippen LogP contribution in [0.1, 0.15) is 19.8 Å². The first kappa shape index (κ1) is 11.4. The van der Waals surface area contributed by atoms with E-state index < -0.39 is 6.67 Å². The molecular formula is C8H15FO3. The quantitative estimate of drug-likeness (QED) is 0.435. The van der Waals surface area contributed by atoms with Crippen LogP contribution in [-0.4, -0.2) is 32.5 Å². The molecule has 0 heterocycles. The topological polar surface area (TPSA) is 35.5 Å². The van der Waals surface area contributed by atoms with Gasteiger partial charge in [-0.2, -0.15) is 0 Å². The van der Waals surface area contributed by atoms with E-state index in [1.807, 2.05) is 6.92 Å². The molecule has 0 atom stereocenters. The van der Waals surface area contributed by atoms with Gasteiger partial charge in [0.25, 0.3) is 0 Å². The number of alkyl halides is 1. The number of ether oxygens (including phenoxy) is 2. The summed E-state index contributed by atoms with van der Waals surface area (Å²) in [7, 11) is 0. The number of hydrogen-bond acceptors (Lipinski definition) is 3. The van der Waals surface area contributed by atoms with Crippen molar-refractivity contribution in [1.29, 1.82) is 0 Å². The van der Waals surface area contributed by atoms with Gasteiger partial charge in [-0.05, 0) is 6.42 Å². The minimum atomic E-state index is -0.497. The zero-order chi connectivity index (χ0) is 9.23. The molecule has 0 aliphatic carbocycles. The predicted octanol–water partition coefficient (Wildman–Crippen LogP) is 1.32. The highest BCUT2D eigenvalue weighted by atomic mass is 19.1. The molecule has 0 aromatic heterocycles. The summed E-state index contributed by atoms with van der Waals surface area (Å²) in [6.07, 6.45) is 1.22. The van der Waals surface area contributed by atoms with Crippen LogP contribution in [0.3, 0.4) is 0 Å². The van der Waals surface area contributed by atoms with Gasteiger partial charge in [-0.3, -0.25) is 4.79 Å². The molecule has 0 unspecified atom stereocenters. The molecular weight excluding hydrogens is 163 g/mol. The van der Waals surface area contributed by atoms with E-state index in [-0.39, 0.29) is 25.8 Å². The number of carbonyl (C=O) groups is 1. The minimum Gasteiger partial charge on any atom is -0.463 e. The second-order valence-corrected chi connectivity index (χ2v) is 2.27. The summed E-state index contributed by atoms with van der Waals surface area (Å²) in [5.41, 5.74) is 0. The normalized spacial score (nSPS) is 9.83. The third-order valence-electron chi connectivity index (χ3n) is 1.17. The summed E-state index contributed by atoms with van der Waals surface area (Å²) in [6.45, 7) is 1.98. The summed E-state index contributed by atoms with van der Waals surface area (Å²) in [5, 5.41) is 0. The van der Waals surface area contributed by atoms with Crippen LogP contribution < -0.4 is 0 Å². The fraction of sp³-hybridized carbons (Fsp3) is 0.875. The van der Waals surface area contributed by atoms with E-state index in [1.165, 1.54) is 0 Å². The molecule has 0 saturated carbocycles. The molecule has 0 radical (unpaired) electrons. The predicted molar refractivity (Wildman–Crippen MR) is 42.7 cm³/mol. The van der Waals surface area contributed by atoms with Gasteiger partial charge in [0, 0.05) is 6.42 Å². The Morgan fingerprint density at radius 2 is 2.08 bits per heavy atom. The van der Waals surface area contributed by atoms with Crippen molar-refractivity contribution in [3.05, 3.63) is 0 Å². The molecule has 0 spiro atoms. The average Bonchev–Trinajstić information content (AvgIpc) is 2.05. The maximum atomic E-state index is 11.5. The van der Waals surface area contributed by atoms with Crippen LogP contribution >= 0.6 is 0 Å². The largest absolute Gasteiger partial charge is 0.463 e. The first-order chi connectivity index (χ1) is 5.81. The lowest BCUT2D eigenvalue weighted by Crippen LogP contribution is -2.10. The Labute approximate surface area is 71.8 Å². The third kappa shape index (κ3) is 7.47.